The second kappa shape index (κ2) is 9.49. The monoisotopic (exact) mass is 521 g/mol. The summed E-state index contributed by atoms with van der Waals surface area (Å²) >= 11 is 0. The van der Waals surface area contributed by atoms with Gasteiger partial charge in [-0.1, -0.05) is 24.3 Å². The maximum absolute atomic E-state index is 14.2. The van der Waals surface area contributed by atoms with Crippen molar-refractivity contribution < 1.29 is 23.0 Å². The third kappa shape index (κ3) is 5.11. The number of rotatable bonds is 6. The molecule has 7 nitrogen and oxygen atoms in total. The summed E-state index contributed by atoms with van der Waals surface area (Å²) in [5.41, 5.74) is 0.750. The molecule has 0 radical (unpaired) electrons. The van der Waals surface area contributed by atoms with Gasteiger partial charge in [0.25, 0.3) is 6.43 Å². The number of pyridine rings is 2. The molecule has 11 heteroatoms. The molecule has 1 saturated heterocycles. The number of halogens is 4. The Hall–Kier alpha value is -2.95. The van der Waals surface area contributed by atoms with E-state index in [1.807, 2.05) is 12.1 Å². The second-order valence-electron chi connectivity index (χ2n) is 9.70. The van der Waals surface area contributed by atoms with E-state index < -0.39 is 23.9 Å². The van der Waals surface area contributed by atoms with Crippen LogP contribution in [0.1, 0.15) is 38.8 Å². The topological polar surface area (TPSA) is 75.8 Å². The normalized spacial score (nSPS) is 19.7. The van der Waals surface area contributed by atoms with Crippen molar-refractivity contribution in [3.05, 3.63) is 54.2 Å². The lowest BCUT2D eigenvalue weighted by Gasteiger charge is -2.28. The van der Waals surface area contributed by atoms with Crippen molar-refractivity contribution in [2.45, 2.75) is 51.1 Å². The Kier molecular flexibility index (Phi) is 6.89. The molecule has 4 aromatic rings. The number of likely N-dealkylation sites (tertiary alicyclic amines) is 1. The van der Waals surface area contributed by atoms with E-state index in [1.54, 1.807) is 52.8 Å². The molecule has 36 heavy (non-hydrogen) atoms. The van der Waals surface area contributed by atoms with Gasteiger partial charge in [0, 0.05) is 38.5 Å². The van der Waals surface area contributed by atoms with E-state index in [0.717, 1.165) is 5.39 Å². The van der Waals surface area contributed by atoms with Gasteiger partial charge < -0.3 is 9.84 Å². The second-order valence-corrected chi connectivity index (χ2v) is 9.70. The fourth-order valence-electron chi connectivity index (χ4n) is 4.58. The fraction of sp³-hybridized carbons (Fsp3) is 0.400. The van der Waals surface area contributed by atoms with Crippen molar-refractivity contribution in [3.8, 4) is 17.3 Å². The fourth-order valence-corrected chi connectivity index (χ4v) is 4.58. The number of hydrogen-bond acceptors (Lipinski definition) is 6. The molecule has 0 bridgehead atoms. The average molecular weight is 522 g/mol. The molecule has 0 amide bonds. The van der Waals surface area contributed by atoms with E-state index in [2.05, 4.69) is 15.2 Å². The number of fused-ring (bicyclic) bond motifs is 2. The van der Waals surface area contributed by atoms with Gasteiger partial charge >= 0.3 is 0 Å². The molecule has 0 saturated carbocycles. The minimum Gasteiger partial charge on any atom is -0.456 e. The molecule has 0 aliphatic carbocycles. The predicted octanol–water partition coefficient (Wildman–Crippen LogP) is 5.21. The SMILES string of the molecule is CC1(O)CCN([C@@H](c2ccc3nnc(-c4ccc5cccc(OC(C)(C)F)c5n4)n3c2)C(F)F)C1.Cl. The molecule has 1 aliphatic rings. The quantitative estimate of drug-likeness (QED) is 0.375. The van der Waals surface area contributed by atoms with E-state index in [4.69, 9.17) is 4.74 Å². The smallest absolute Gasteiger partial charge is 0.258 e. The molecule has 3 aromatic heterocycles. The summed E-state index contributed by atoms with van der Waals surface area (Å²) in [6.07, 6.45) is -0.630. The average Bonchev–Trinajstić information content (AvgIpc) is 3.35. The lowest BCUT2D eigenvalue weighted by atomic mass is 10.1. The number of nitrogens with zero attached hydrogens (tertiary/aromatic N) is 5. The zero-order valence-corrected chi connectivity index (χ0v) is 20.8. The highest BCUT2D eigenvalue weighted by atomic mass is 35.5. The first-order chi connectivity index (χ1) is 16.5. The van der Waals surface area contributed by atoms with Crippen molar-refractivity contribution in [1.29, 1.82) is 0 Å². The van der Waals surface area contributed by atoms with Crippen molar-refractivity contribution in [1.82, 2.24) is 24.5 Å². The molecule has 4 heterocycles. The first-order valence-electron chi connectivity index (χ1n) is 11.4. The van der Waals surface area contributed by atoms with E-state index in [1.165, 1.54) is 13.8 Å². The third-order valence-electron chi connectivity index (χ3n) is 6.15. The Morgan fingerprint density at radius 3 is 2.56 bits per heavy atom. The largest absolute Gasteiger partial charge is 0.456 e. The lowest BCUT2D eigenvalue weighted by molar-refractivity contribution is -0.0246. The van der Waals surface area contributed by atoms with E-state index in [9.17, 15) is 18.3 Å². The van der Waals surface area contributed by atoms with Crippen molar-refractivity contribution in [3.63, 3.8) is 0 Å². The Bertz CT molecular complexity index is 1390. The number of para-hydroxylation sites is 1. The van der Waals surface area contributed by atoms with E-state index in [-0.39, 0.29) is 24.7 Å². The first kappa shape index (κ1) is 26.1. The van der Waals surface area contributed by atoms with Crippen molar-refractivity contribution in [2.75, 3.05) is 13.1 Å². The Balaban J connectivity index is 0.00000304. The summed E-state index contributed by atoms with van der Waals surface area (Å²) in [4.78, 5) is 6.26. The summed E-state index contributed by atoms with van der Waals surface area (Å²) < 4.78 is 49.6. The molecule has 1 N–H and O–H groups in total. The first-order valence-corrected chi connectivity index (χ1v) is 11.4. The summed E-state index contributed by atoms with van der Waals surface area (Å²) in [5.74, 6) is -1.25. The van der Waals surface area contributed by atoms with Crippen LogP contribution >= 0.6 is 12.4 Å². The highest BCUT2D eigenvalue weighted by molar-refractivity contribution is 5.86. The number of aliphatic hydroxyl groups is 1. The van der Waals surface area contributed by atoms with Crippen LogP contribution in [0.2, 0.25) is 0 Å². The van der Waals surface area contributed by atoms with Crippen LogP contribution in [0.4, 0.5) is 13.2 Å². The van der Waals surface area contributed by atoms with Gasteiger partial charge in [0.1, 0.15) is 17.0 Å². The maximum Gasteiger partial charge on any atom is 0.258 e. The standard InChI is InChI=1S/C25H26F3N5O2.ClH/c1-24(2,28)35-18-6-4-5-15-7-9-17(29-20(15)18)23-31-30-19-10-8-16(13-33(19)23)21(22(26)27)32-12-11-25(3,34)14-32;/h4-10,13,21-22,34H,11-12,14H2,1-3H3;1H/t21-,25?;/m0./s1. The van der Waals surface area contributed by atoms with Gasteiger partial charge in [0.05, 0.1) is 11.6 Å². The van der Waals surface area contributed by atoms with Crippen LogP contribution in [0.5, 0.6) is 5.75 Å². The number of alkyl halides is 3. The van der Waals surface area contributed by atoms with Gasteiger partial charge in [0.2, 0.25) is 5.85 Å². The zero-order valence-electron chi connectivity index (χ0n) is 20.0. The number of ether oxygens (including phenoxy) is 1. The minimum absolute atomic E-state index is 0. The predicted molar refractivity (Wildman–Crippen MR) is 132 cm³/mol. The van der Waals surface area contributed by atoms with E-state index in [0.29, 0.717) is 41.2 Å². The van der Waals surface area contributed by atoms with Crippen LogP contribution in [0.15, 0.2) is 48.7 Å². The highest BCUT2D eigenvalue weighted by Gasteiger charge is 2.39. The van der Waals surface area contributed by atoms with Crippen LogP contribution in [0.25, 0.3) is 28.1 Å². The van der Waals surface area contributed by atoms with Crippen LogP contribution < -0.4 is 4.74 Å². The van der Waals surface area contributed by atoms with Gasteiger partial charge in [0.15, 0.2) is 11.5 Å². The summed E-state index contributed by atoms with van der Waals surface area (Å²) in [6.45, 7) is 4.80. The van der Waals surface area contributed by atoms with Gasteiger partial charge in [-0.3, -0.25) is 9.30 Å². The molecule has 0 spiro atoms. The Morgan fingerprint density at radius 2 is 1.89 bits per heavy atom. The van der Waals surface area contributed by atoms with Crippen LogP contribution in [-0.4, -0.2) is 60.6 Å². The molecule has 1 aromatic carbocycles. The molecule has 1 unspecified atom stereocenters. The molecule has 1 aliphatic heterocycles. The maximum atomic E-state index is 14.2. The highest BCUT2D eigenvalue weighted by Crippen LogP contribution is 2.35. The van der Waals surface area contributed by atoms with Gasteiger partial charge in [-0.05, 0) is 37.1 Å². The molecule has 5 rings (SSSR count). The van der Waals surface area contributed by atoms with Crippen molar-refractivity contribution >= 4 is 29.0 Å². The summed E-state index contributed by atoms with van der Waals surface area (Å²) in [6, 6.07) is 10.9. The Labute approximate surface area is 212 Å². The van der Waals surface area contributed by atoms with Gasteiger partial charge in [-0.25, -0.2) is 13.8 Å². The minimum atomic E-state index is -2.65. The Morgan fingerprint density at radius 1 is 1.11 bits per heavy atom. The zero-order chi connectivity index (χ0) is 25.0. The molecule has 1 fully saturated rings. The van der Waals surface area contributed by atoms with Gasteiger partial charge in [-0.2, -0.15) is 4.39 Å². The number of benzene rings is 1. The van der Waals surface area contributed by atoms with Crippen molar-refractivity contribution in [2.24, 2.45) is 0 Å². The van der Waals surface area contributed by atoms with Crippen LogP contribution in [-0.2, 0) is 0 Å². The molecular formula is C25H27ClF3N5O2. The molecule has 2 atom stereocenters. The van der Waals surface area contributed by atoms with Crippen LogP contribution in [0, 0.1) is 0 Å². The molecular weight excluding hydrogens is 495 g/mol. The number of β-amino-alcohol motifs (C(OH)–C–C–N with tert-alkyl or cyclic N) is 1. The molecule has 192 valence electrons. The van der Waals surface area contributed by atoms with Gasteiger partial charge in [-0.15, -0.1) is 22.6 Å². The number of hydrogen-bond donors (Lipinski definition) is 1. The summed E-state index contributed by atoms with van der Waals surface area (Å²) in [5, 5.41) is 19.5. The summed E-state index contributed by atoms with van der Waals surface area (Å²) in [7, 11) is 0. The lowest BCUT2D eigenvalue weighted by Crippen LogP contribution is -2.35. The van der Waals surface area contributed by atoms with E-state index >= 15 is 0 Å². The third-order valence-corrected chi connectivity index (χ3v) is 6.15. The number of aromatic nitrogens is 4. The van der Waals surface area contributed by atoms with Crippen LogP contribution in [0.3, 0.4) is 0 Å².